The summed E-state index contributed by atoms with van der Waals surface area (Å²) in [4.78, 5) is 43.4. The van der Waals surface area contributed by atoms with E-state index in [4.69, 9.17) is 9.47 Å². The summed E-state index contributed by atoms with van der Waals surface area (Å²) >= 11 is 0. The zero-order valence-corrected chi connectivity index (χ0v) is 22.1. The maximum Gasteiger partial charge on any atom is 0.408 e. The summed E-state index contributed by atoms with van der Waals surface area (Å²) in [6, 6.07) is 19.3. The van der Waals surface area contributed by atoms with Crippen LogP contribution in [0.5, 0.6) is 0 Å². The average Bonchev–Trinajstić information content (AvgIpc) is 2.95. The molecule has 0 aliphatic carbocycles. The van der Waals surface area contributed by atoms with Crippen molar-refractivity contribution < 1.29 is 23.9 Å². The Hall–Kier alpha value is -4.46. The van der Waals surface area contributed by atoms with E-state index in [1.165, 1.54) is 7.11 Å². The molecule has 0 radical (unpaired) electrons. The first-order valence-corrected chi connectivity index (χ1v) is 12.3. The summed E-state index contributed by atoms with van der Waals surface area (Å²) in [7, 11) is 3.07. The van der Waals surface area contributed by atoms with Gasteiger partial charge >= 0.3 is 12.1 Å². The number of carbonyl (C=O) groups is 3. The summed E-state index contributed by atoms with van der Waals surface area (Å²) in [5.74, 6) is -0.971. The van der Waals surface area contributed by atoms with Gasteiger partial charge in [0.05, 0.1) is 24.6 Å². The molecule has 0 saturated carbocycles. The van der Waals surface area contributed by atoms with Crippen molar-refractivity contribution in [2.75, 3.05) is 14.2 Å². The van der Waals surface area contributed by atoms with Crippen LogP contribution >= 0.6 is 0 Å². The molecule has 2 aromatic carbocycles. The van der Waals surface area contributed by atoms with Gasteiger partial charge in [-0.1, -0.05) is 61.5 Å². The minimum atomic E-state index is -0.601. The number of carbonyl (C=O) groups excluding carboxylic acids is 3. The number of nitrogens with zero attached hydrogens (tertiary/aromatic N) is 2. The quantitative estimate of drug-likeness (QED) is 0.299. The third-order valence-electron chi connectivity index (χ3n) is 6.02. The Morgan fingerprint density at radius 1 is 1.00 bits per heavy atom. The van der Waals surface area contributed by atoms with E-state index in [0.717, 1.165) is 22.3 Å². The molecule has 0 saturated heterocycles. The van der Waals surface area contributed by atoms with E-state index in [-0.39, 0.29) is 12.5 Å². The van der Waals surface area contributed by atoms with Gasteiger partial charge in [-0.25, -0.2) is 9.59 Å². The number of rotatable bonds is 10. The second kappa shape index (κ2) is 13.7. The Labute approximate surface area is 223 Å². The topological polar surface area (TPSA) is 97.8 Å². The van der Waals surface area contributed by atoms with Crippen molar-refractivity contribution in [3.8, 4) is 0 Å². The molecule has 8 nitrogen and oxygen atoms in total. The largest absolute Gasteiger partial charge is 0.465 e. The first-order chi connectivity index (χ1) is 18.3. The number of esters is 1. The molecule has 0 fully saturated rings. The number of benzene rings is 2. The highest BCUT2D eigenvalue weighted by Crippen LogP contribution is 2.24. The zero-order chi connectivity index (χ0) is 27.5. The van der Waals surface area contributed by atoms with Crippen molar-refractivity contribution in [1.82, 2.24) is 15.2 Å². The normalized spacial score (nSPS) is 12.7. The average molecular weight is 516 g/mol. The lowest BCUT2D eigenvalue weighted by Gasteiger charge is -2.23. The van der Waals surface area contributed by atoms with E-state index >= 15 is 0 Å². The SMILES string of the molecule is COC(=O)c1ccc(C(NC(=O)OCc2ccccc2)/C(C)=C/[C@@H](C)C(=O)N(C)Cc2cccnc2)cc1. The third-order valence-corrected chi connectivity index (χ3v) is 6.02. The fourth-order valence-corrected chi connectivity index (χ4v) is 4.03. The maximum absolute atomic E-state index is 13.1. The van der Waals surface area contributed by atoms with Crippen molar-refractivity contribution in [3.05, 3.63) is 113 Å². The van der Waals surface area contributed by atoms with Gasteiger partial charge in [-0.15, -0.1) is 0 Å². The molecule has 8 heteroatoms. The van der Waals surface area contributed by atoms with Crippen LogP contribution in [0.25, 0.3) is 0 Å². The van der Waals surface area contributed by atoms with Crippen LogP contribution in [0.3, 0.4) is 0 Å². The fourth-order valence-electron chi connectivity index (χ4n) is 4.03. The molecule has 3 rings (SSSR count). The third kappa shape index (κ3) is 8.03. The smallest absolute Gasteiger partial charge is 0.408 e. The van der Waals surface area contributed by atoms with Crippen molar-refractivity contribution in [2.45, 2.75) is 33.0 Å². The summed E-state index contributed by atoms with van der Waals surface area (Å²) in [6.45, 7) is 4.22. The van der Waals surface area contributed by atoms with Gasteiger partial charge in [-0.2, -0.15) is 0 Å². The van der Waals surface area contributed by atoms with Gasteiger partial charge < -0.3 is 19.7 Å². The molecule has 198 valence electrons. The number of nitrogens with one attached hydrogen (secondary N) is 1. The summed E-state index contributed by atoms with van der Waals surface area (Å²) < 4.78 is 10.2. The van der Waals surface area contributed by atoms with E-state index in [1.54, 1.807) is 48.6 Å². The summed E-state index contributed by atoms with van der Waals surface area (Å²) in [5, 5.41) is 2.90. The van der Waals surface area contributed by atoms with E-state index in [2.05, 4.69) is 10.3 Å². The van der Waals surface area contributed by atoms with Crippen LogP contribution in [-0.2, 0) is 27.4 Å². The highest BCUT2D eigenvalue weighted by atomic mass is 16.5. The highest BCUT2D eigenvalue weighted by Gasteiger charge is 2.22. The number of alkyl carbamates (subject to hydrolysis) is 1. The minimum Gasteiger partial charge on any atom is -0.465 e. The van der Waals surface area contributed by atoms with Gasteiger partial charge in [-0.3, -0.25) is 9.78 Å². The standard InChI is InChI=1S/C30H33N3O5/c1-21(17-22(2)28(34)33(3)19-24-11-8-16-31-18-24)27(25-12-14-26(15-13-25)29(35)37-4)32-30(36)38-20-23-9-6-5-7-10-23/h5-18,22,27H,19-20H2,1-4H3,(H,32,36)/b21-17+/t22-,27?/m1/s1. The number of methoxy groups -OCH3 is 1. The first-order valence-electron chi connectivity index (χ1n) is 12.3. The van der Waals surface area contributed by atoms with Gasteiger partial charge in [0, 0.05) is 26.0 Å². The molecule has 0 aliphatic rings. The van der Waals surface area contributed by atoms with E-state index in [9.17, 15) is 14.4 Å². The molecule has 0 aliphatic heterocycles. The maximum atomic E-state index is 13.1. The number of hydrogen-bond acceptors (Lipinski definition) is 6. The van der Waals surface area contributed by atoms with E-state index in [1.807, 2.05) is 62.4 Å². The Balaban J connectivity index is 1.77. The van der Waals surface area contributed by atoms with Crippen LogP contribution in [0.15, 0.2) is 90.8 Å². The fraction of sp³-hybridized carbons (Fsp3) is 0.267. The van der Waals surface area contributed by atoms with Gasteiger partial charge in [0.1, 0.15) is 6.61 Å². The molecule has 1 aromatic heterocycles. The molecule has 0 spiro atoms. The van der Waals surface area contributed by atoms with Crippen LogP contribution in [0.4, 0.5) is 4.79 Å². The summed E-state index contributed by atoms with van der Waals surface area (Å²) in [6.07, 6.45) is 4.65. The molecule has 3 aromatic rings. The first kappa shape index (κ1) is 28.1. The number of ether oxygens (including phenoxy) is 2. The Morgan fingerprint density at radius 2 is 1.68 bits per heavy atom. The van der Waals surface area contributed by atoms with Gasteiger partial charge in [0.25, 0.3) is 0 Å². The van der Waals surface area contributed by atoms with Crippen molar-refractivity contribution in [3.63, 3.8) is 0 Å². The lowest BCUT2D eigenvalue weighted by atomic mass is 9.95. The number of pyridine rings is 1. The lowest BCUT2D eigenvalue weighted by Crippen LogP contribution is -2.32. The van der Waals surface area contributed by atoms with Gasteiger partial charge in [0.2, 0.25) is 5.91 Å². The molecule has 2 atom stereocenters. The van der Waals surface area contributed by atoms with Crippen LogP contribution in [-0.4, -0.2) is 42.0 Å². The van der Waals surface area contributed by atoms with E-state index < -0.39 is 24.0 Å². The second-order valence-electron chi connectivity index (χ2n) is 9.01. The lowest BCUT2D eigenvalue weighted by molar-refractivity contribution is -0.132. The Bertz CT molecular complexity index is 1240. The predicted octanol–water partition coefficient (Wildman–Crippen LogP) is 5.08. The molecule has 1 heterocycles. The molecular weight excluding hydrogens is 482 g/mol. The Morgan fingerprint density at radius 3 is 2.32 bits per heavy atom. The Kier molecular flexibility index (Phi) is 10.2. The molecule has 0 bridgehead atoms. The predicted molar refractivity (Wildman–Crippen MR) is 144 cm³/mol. The van der Waals surface area contributed by atoms with Crippen LogP contribution in [0.2, 0.25) is 0 Å². The van der Waals surface area contributed by atoms with Crippen LogP contribution < -0.4 is 5.32 Å². The molecule has 38 heavy (non-hydrogen) atoms. The molecule has 1 N–H and O–H groups in total. The monoisotopic (exact) mass is 515 g/mol. The minimum absolute atomic E-state index is 0.0698. The van der Waals surface area contributed by atoms with E-state index in [0.29, 0.717) is 12.1 Å². The van der Waals surface area contributed by atoms with Gasteiger partial charge in [0.15, 0.2) is 0 Å². The number of aromatic nitrogens is 1. The van der Waals surface area contributed by atoms with Crippen molar-refractivity contribution >= 4 is 18.0 Å². The van der Waals surface area contributed by atoms with Gasteiger partial charge in [-0.05, 0) is 47.4 Å². The van der Waals surface area contributed by atoms with Crippen LogP contribution in [0.1, 0.15) is 46.9 Å². The number of hydrogen-bond donors (Lipinski definition) is 1. The van der Waals surface area contributed by atoms with Crippen LogP contribution in [0, 0.1) is 5.92 Å². The molecule has 2 amide bonds. The van der Waals surface area contributed by atoms with Crippen molar-refractivity contribution in [2.24, 2.45) is 5.92 Å². The molecule has 1 unspecified atom stereocenters. The van der Waals surface area contributed by atoms with Crippen molar-refractivity contribution in [1.29, 1.82) is 0 Å². The zero-order valence-electron chi connectivity index (χ0n) is 22.1. The second-order valence-corrected chi connectivity index (χ2v) is 9.01. The number of amides is 2. The highest BCUT2D eigenvalue weighted by molar-refractivity contribution is 5.89. The molecular formula is C30H33N3O5. The summed E-state index contributed by atoms with van der Waals surface area (Å²) in [5.41, 5.74) is 3.67.